The topological polar surface area (TPSA) is 75.3 Å². The summed E-state index contributed by atoms with van der Waals surface area (Å²) >= 11 is 1.40. The van der Waals surface area contributed by atoms with E-state index in [0.29, 0.717) is 22.4 Å². The molecular formula is C22H19N3O3S. The van der Waals surface area contributed by atoms with Crippen molar-refractivity contribution in [3.8, 4) is 22.9 Å². The maximum atomic E-state index is 13.1. The monoisotopic (exact) mass is 405 g/mol. The number of rotatable bonds is 5. The number of nitrogens with one attached hydrogen (secondary N) is 1. The number of hydrogen-bond acceptors (Lipinski definition) is 5. The minimum atomic E-state index is -0.291. The van der Waals surface area contributed by atoms with Crippen LogP contribution in [-0.4, -0.2) is 27.7 Å². The second kappa shape index (κ2) is 7.33. The highest BCUT2D eigenvalue weighted by molar-refractivity contribution is 8.00. The average Bonchev–Trinajstić information content (AvgIpc) is 3.53. The first-order valence-corrected chi connectivity index (χ1v) is 10.3. The number of carbonyl (C=O) groups excluding carboxylic acids is 1. The smallest absolute Gasteiger partial charge is 0.240 e. The summed E-state index contributed by atoms with van der Waals surface area (Å²) in [4.78, 5) is 22.9. The first-order chi connectivity index (χ1) is 14.2. The zero-order valence-corrected chi connectivity index (χ0v) is 16.6. The molecule has 6 nitrogen and oxygen atoms in total. The highest BCUT2D eigenvalue weighted by atomic mass is 32.2. The van der Waals surface area contributed by atoms with Crippen molar-refractivity contribution < 1.29 is 13.6 Å². The number of H-pyrrole nitrogens is 1. The van der Waals surface area contributed by atoms with Crippen molar-refractivity contribution in [3.63, 3.8) is 0 Å². The molecule has 0 saturated heterocycles. The van der Waals surface area contributed by atoms with E-state index in [1.807, 2.05) is 54.3 Å². The quantitative estimate of drug-likeness (QED) is 0.473. The molecule has 1 unspecified atom stereocenters. The normalized spacial score (nSPS) is 14.2. The van der Waals surface area contributed by atoms with Crippen LogP contribution in [0.2, 0.25) is 0 Å². The van der Waals surface area contributed by atoms with Gasteiger partial charge in [-0.1, -0.05) is 30.0 Å². The van der Waals surface area contributed by atoms with Crippen LogP contribution in [-0.2, 0) is 11.2 Å². The number of furan rings is 2. The second-order valence-electron chi connectivity index (χ2n) is 6.85. The van der Waals surface area contributed by atoms with Crippen molar-refractivity contribution in [2.45, 2.75) is 23.8 Å². The van der Waals surface area contributed by atoms with Crippen LogP contribution in [0.5, 0.6) is 0 Å². The molecule has 1 N–H and O–H groups in total. The van der Waals surface area contributed by atoms with E-state index >= 15 is 0 Å². The van der Waals surface area contributed by atoms with Crippen LogP contribution >= 0.6 is 11.8 Å². The standard InChI is InChI=1S/C22H19N3O3S/c1-14(21(26)25-11-10-15-6-2-3-7-16(15)25)29-22-23-19(17-8-4-12-27-17)20(24-22)18-9-5-13-28-18/h2-9,12-14H,10-11H2,1H3,(H,23,24). The third-order valence-corrected chi connectivity index (χ3v) is 5.97. The minimum absolute atomic E-state index is 0.0791. The number of fused-ring (bicyclic) bond motifs is 1. The van der Waals surface area contributed by atoms with E-state index in [9.17, 15) is 4.79 Å². The molecule has 4 heterocycles. The Kier molecular flexibility index (Phi) is 4.52. The fraction of sp³-hybridized carbons (Fsp3) is 0.182. The molecule has 29 heavy (non-hydrogen) atoms. The highest BCUT2D eigenvalue weighted by Gasteiger charge is 2.29. The average molecular weight is 405 g/mol. The Morgan fingerprint density at radius 1 is 1.10 bits per heavy atom. The Morgan fingerprint density at radius 3 is 2.62 bits per heavy atom. The molecule has 1 atom stereocenters. The SMILES string of the molecule is CC(Sc1nc(-c2ccco2)c(-c2ccco2)[nH]1)C(=O)N1CCc2ccccc21. The molecule has 1 amide bonds. The molecule has 7 heteroatoms. The lowest BCUT2D eigenvalue weighted by molar-refractivity contribution is -0.117. The number of anilines is 1. The molecule has 0 fully saturated rings. The fourth-order valence-electron chi connectivity index (χ4n) is 3.60. The summed E-state index contributed by atoms with van der Waals surface area (Å²) in [5, 5.41) is 0.359. The molecule has 0 spiro atoms. The number of amides is 1. The first-order valence-electron chi connectivity index (χ1n) is 9.44. The fourth-order valence-corrected chi connectivity index (χ4v) is 4.47. The molecule has 3 aromatic heterocycles. The van der Waals surface area contributed by atoms with E-state index < -0.39 is 0 Å². The van der Waals surface area contributed by atoms with E-state index in [4.69, 9.17) is 8.83 Å². The first kappa shape index (κ1) is 17.9. The molecular weight excluding hydrogens is 386 g/mol. The Morgan fingerprint density at radius 2 is 1.86 bits per heavy atom. The van der Waals surface area contributed by atoms with Crippen molar-refractivity contribution in [3.05, 3.63) is 66.6 Å². The number of para-hydroxylation sites is 1. The number of aromatic nitrogens is 2. The van der Waals surface area contributed by atoms with Gasteiger partial charge >= 0.3 is 0 Å². The molecule has 0 bridgehead atoms. The van der Waals surface area contributed by atoms with E-state index in [-0.39, 0.29) is 11.2 Å². The molecule has 4 aromatic rings. The van der Waals surface area contributed by atoms with Gasteiger partial charge in [0.2, 0.25) is 5.91 Å². The lowest BCUT2D eigenvalue weighted by Crippen LogP contribution is -2.35. The molecule has 5 rings (SSSR count). The van der Waals surface area contributed by atoms with Crippen LogP contribution in [0, 0.1) is 0 Å². The van der Waals surface area contributed by atoms with Gasteiger partial charge < -0.3 is 18.7 Å². The van der Waals surface area contributed by atoms with Crippen molar-refractivity contribution >= 4 is 23.4 Å². The predicted octanol–water partition coefficient (Wildman–Crippen LogP) is 5.00. The van der Waals surface area contributed by atoms with Gasteiger partial charge in [0, 0.05) is 12.2 Å². The third-order valence-electron chi connectivity index (χ3n) is 4.99. The van der Waals surface area contributed by atoms with Crippen molar-refractivity contribution in [2.75, 3.05) is 11.4 Å². The molecule has 146 valence electrons. The molecule has 1 aliphatic rings. The zero-order valence-electron chi connectivity index (χ0n) is 15.8. The Labute approximate surface area is 171 Å². The predicted molar refractivity (Wildman–Crippen MR) is 112 cm³/mol. The van der Waals surface area contributed by atoms with Gasteiger partial charge in [-0.2, -0.15) is 0 Å². The van der Waals surface area contributed by atoms with Gasteiger partial charge in [-0.05, 0) is 49.2 Å². The van der Waals surface area contributed by atoms with Crippen molar-refractivity contribution in [1.82, 2.24) is 9.97 Å². The molecule has 1 aliphatic heterocycles. The van der Waals surface area contributed by atoms with Gasteiger partial charge in [0.25, 0.3) is 0 Å². The number of carbonyl (C=O) groups is 1. The van der Waals surface area contributed by atoms with Crippen LogP contribution in [0.3, 0.4) is 0 Å². The lowest BCUT2D eigenvalue weighted by Gasteiger charge is -2.20. The lowest BCUT2D eigenvalue weighted by atomic mass is 10.2. The number of imidazole rings is 1. The van der Waals surface area contributed by atoms with Gasteiger partial charge in [0.15, 0.2) is 16.7 Å². The summed E-state index contributed by atoms with van der Waals surface area (Å²) in [5.74, 6) is 1.39. The second-order valence-corrected chi connectivity index (χ2v) is 8.18. The number of hydrogen-bond donors (Lipinski definition) is 1. The van der Waals surface area contributed by atoms with Crippen molar-refractivity contribution in [2.24, 2.45) is 0 Å². The number of nitrogens with zero attached hydrogens (tertiary/aromatic N) is 2. The molecule has 1 aromatic carbocycles. The molecule has 0 radical (unpaired) electrons. The van der Waals surface area contributed by atoms with Crippen molar-refractivity contribution in [1.29, 1.82) is 0 Å². The minimum Gasteiger partial charge on any atom is -0.463 e. The van der Waals surface area contributed by atoms with Gasteiger partial charge in [-0.25, -0.2) is 4.98 Å². The van der Waals surface area contributed by atoms with E-state index in [1.165, 1.54) is 17.3 Å². The summed E-state index contributed by atoms with van der Waals surface area (Å²) in [6, 6.07) is 15.4. The maximum absolute atomic E-state index is 13.1. The summed E-state index contributed by atoms with van der Waals surface area (Å²) in [6.07, 6.45) is 4.12. The molecule has 0 saturated carbocycles. The van der Waals surface area contributed by atoms with Crippen LogP contribution < -0.4 is 4.90 Å². The van der Waals surface area contributed by atoms with Crippen LogP contribution in [0.4, 0.5) is 5.69 Å². The van der Waals surface area contributed by atoms with E-state index in [2.05, 4.69) is 16.0 Å². The summed E-state index contributed by atoms with van der Waals surface area (Å²) in [7, 11) is 0. The van der Waals surface area contributed by atoms with Gasteiger partial charge in [0.05, 0.1) is 17.8 Å². The number of aromatic amines is 1. The van der Waals surface area contributed by atoms with Crippen LogP contribution in [0.25, 0.3) is 22.9 Å². The summed E-state index contributed by atoms with van der Waals surface area (Å²) in [5.41, 5.74) is 3.63. The number of benzene rings is 1. The Bertz CT molecular complexity index is 1080. The van der Waals surface area contributed by atoms with Crippen LogP contribution in [0.15, 0.2) is 75.0 Å². The highest BCUT2D eigenvalue weighted by Crippen LogP contribution is 2.35. The maximum Gasteiger partial charge on any atom is 0.240 e. The van der Waals surface area contributed by atoms with E-state index in [1.54, 1.807) is 12.5 Å². The van der Waals surface area contributed by atoms with Gasteiger partial charge in [0.1, 0.15) is 11.4 Å². The summed E-state index contributed by atoms with van der Waals surface area (Å²) in [6.45, 7) is 2.63. The van der Waals surface area contributed by atoms with Gasteiger partial charge in [-0.3, -0.25) is 4.79 Å². The van der Waals surface area contributed by atoms with Gasteiger partial charge in [-0.15, -0.1) is 0 Å². The van der Waals surface area contributed by atoms with Crippen LogP contribution in [0.1, 0.15) is 12.5 Å². The zero-order chi connectivity index (χ0) is 19.8. The number of thioether (sulfide) groups is 1. The Hall–Kier alpha value is -3.19. The molecule has 0 aliphatic carbocycles. The summed E-state index contributed by atoms with van der Waals surface area (Å²) < 4.78 is 11.1. The third kappa shape index (κ3) is 3.27. The van der Waals surface area contributed by atoms with E-state index in [0.717, 1.165) is 24.3 Å². The largest absolute Gasteiger partial charge is 0.463 e. The Balaban J connectivity index is 1.41.